The van der Waals surface area contributed by atoms with Gasteiger partial charge in [-0.25, -0.2) is 4.68 Å². The lowest BCUT2D eigenvalue weighted by molar-refractivity contribution is 0.101. The Balaban J connectivity index is 2.07. The summed E-state index contributed by atoms with van der Waals surface area (Å²) in [5.41, 5.74) is 3.03. The molecule has 1 aromatic heterocycles. The normalized spacial score (nSPS) is 10.6. The van der Waals surface area contributed by atoms with Gasteiger partial charge in [-0.05, 0) is 17.7 Å². The van der Waals surface area contributed by atoms with Gasteiger partial charge >= 0.3 is 0 Å². The lowest BCUT2D eigenvalue weighted by Crippen LogP contribution is -2.05. The number of carbonyl (C=O) groups is 1. The van der Waals surface area contributed by atoms with E-state index in [0.717, 1.165) is 16.8 Å². The number of rotatable bonds is 4. The smallest absolute Gasteiger partial charge is 0.182 e. The lowest BCUT2D eigenvalue weighted by Gasteiger charge is -2.08. The molecular weight excluding hydrogens is 298 g/mol. The van der Waals surface area contributed by atoms with Crippen molar-refractivity contribution in [3.05, 3.63) is 70.9 Å². The second-order valence-electron chi connectivity index (χ2n) is 5.00. The molecule has 0 radical (unpaired) electrons. The van der Waals surface area contributed by atoms with Crippen LogP contribution in [0.3, 0.4) is 0 Å². The van der Waals surface area contributed by atoms with E-state index in [2.05, 4.69) is 10.3 Å². The number of hydrogen-bond donors (Lipinski definition) is 0. The Bertz CT molecular complexity index is 812. The Labute approximate surface area is 133 Å². The highest BCUT2D eigenvalue weighted by atomic mass is 35.5. The number of hydrogen-bond acceptors (Lipinski definition) is 3. The van der Waals surface area contributed by atoms with Crippen molar-refractivity contribution in [2.45, 2.75) is 13.5 Å². The van der Waals surface area contributed by atoms with E-state index in [1.807, 2.05) is 54.6 Å². The highest BCUT2D eigenvalue weighted by Gasteiger charge is 2.18. The number of halogens is 1. The molecule has 0 spiro atoms. The van der Waals surface area contributed by atoms with Gasteiger partial charge in [0.05, 0.1) is 12.2 Å². The van der Waals surface area contributed by atoms with Gasteiger partial charge < -0.3 is 0 Å². The number of aromatic nitrogens is 3. The Morgan fingerprint density at radius 3 is 2.59 bits per heavy atom. The molecule has 110 valence electrons. The van der Waals surface area contributed by atoms with E-state index in [1.54, 1.807) is 4.68 Å². The molecule has 2 aromatic carbocycles. The van der Waals surface area contributed by atoms with Gasteiger partial charge in [0.1, 0.15) is 0 Å². The third-order valence-electron chi connectivity index (χ3n) is 3.34. The minimum Gasteiger partial charge on any atom is -0.293 e. The molecule has 0 atom stereocenters. The van der Waals surface area contributed by atoms with E-state index in [9.17, 15) is 4.79 Å². The van der Waals surface area contributed by atoms with Crippen molar-refractivity contribution in [3.8, 4) is 11.3 Å². The SMILES string of the molecule is CC(=O)c1nnn(Cc2cccc(Cl)c2)c1-c1ccccc1. The summed E-state index contributed by atoms with van der Waals surface area (Å²) in [5, 5.41) is 8.85. The zero-order valence-corrected chi connectivity index (χ0v) is 12.8. The molecule has 0 fully saturated rings. The Kier molecular flexibility index (Phi) is 4.02. The average molecular weight is 312 g/mol. The van der Waals surface area contributed by atoms with Crippen LogP contribution >= 0.6 is 11.6 Å². The molecule has 0 bridgehead atoms. The maximum absolute atomic E-state index is 11.8. The Hall–Kier alpha value is -2.46. The molecule has 0 aliphatic carbocycles. The van der Waals surface area contributed by atoms with Crippen LogP contribution in [0.15, 0.2) is 54.6 Å². The minimum absolute atomic E-state index is 0.101. The Morgan fingerprint density at radius 2 is 1.91 bits per heavy atom. The lowest BCUT2D eigenvalue weighted by atomic mass is 10.1. The molecule has 0 aliphatic rings. The average Bonchev–Trinajstić information content (AvgIpc) is 2.92. The fraction of sp³-hybridized carbons (Fsp3) is 0.118. The summed E-state index contributed by atoms with van der Waals surface area (Å²) >= 11 is 6.02. The van der Waals surface area contributed by atoms with Crippen LogP contribution in [-0.2, 0) is 6.54 Å². The van der Waals surface area contributed by atoms with Crippen molar-refractivity contribution in [1.82, 2.24) is 15.0 Å². The van der Waals surface area contributed by atoms with Crippen molar-refractivity contribution in [2.24, 2.45) is 0 Å². The van der Waals surface area contributed by atoms with Crippen molar-refractivity contribution < 1.29 is 4.79 Å². The van der Waals surface area contributed by atoms with Gasteiger partial charge in [-0.3, -0.25) is 4.79 Å². The van der Waals surface area contributed by atoms with Gasteiger partial charge in [0.15, 0.2) is 11.5 Å². The van der Waals surface area contributed by atoms with E-state index in [0.29, 0.717) is 17.3 Å². The van der Waals surface area contributed by atoms with Gasteiger partial charge in [0, 0.05) is 17.5 Å². The fourth-order valence-corrected chi connectivity index (χ4v) is 2.56. The van der Waals surface area contributed by atoms with Gasteiger partial charge in [-0.1, -0.05) is 59.3 Å². The predicted molar refractivity (Wildman–Crippen MR) is 86.0 cm³/mol. The van der Waals surface area contributed by atoms with E-state index in [-0.39, 0.29) is 5.78 Å². The summed E-state index contributed by atoms with van der Waals surface area (Å²) in [5.74, 6) is -0.101. The highest BCUT2D eigenvalue weighted by Crippen LogP contribution is 2.23. The van der Waals surface area contributed by atoms with Crippen LogP contribution < -0.4 is 0 Å². The van der Waals surface area contributed by atoms with Crippen LogP contribution in [0.1, 0.15) is 23.0 Å². The van der Waals surface area contributed by atoms with Crippen LogP contribution in [0.25, 0.3) is 11.3 Å². The zero-order chi connectivity index (χ0) is 15.5. The first-order chi connectivity index (χ1) is 10.6. The molecular formula is C17H14ClN3O. The standard InChI is InChI=1S/C17H14ClN3O/c1-12(22)16-17(14-7-3-2-4-8-14)21(20-19-16)11-13-6-5-9-15(18)10-13/h2-10H,11H2,1H3. The number of Topliss-reactive ketones (excluding diaryl/α,β-unsaturated/α-hetero) is 1. The predicted octanol–water partition coefficient (Wildman–Crippen LogP) is 3.85. The first kappa shape index (κ1) is 14.5. The fourth-order valence-electron chi connectivity index (χ4n) is 2.35. The maximum atomic E-state index is 11.8. The van der Waals surface area contributed by atoms with E-state index in [1.165, 1.54) is 6.92 Å². The van der Waals surface area contributed by atoms with E-state index in [4.69, 9.17) is 11.6 Å². The third kappa shape index (κ3) is 2.92. The summed E-state index contributed by atoms with van der Waals surface area (Å²) in [6.07, 6.45) is 0. The quantitative estimate of drug-likeness (QED) is 0.688. The van der Waals surface area contributed by atoms with E-state index >= 15 is 0 Å². The second kappa shape index (κ2) is 6.12. The van der Waals surface area contributed by atoms with Crippen molar-refractivity contribution in [1.29, 1.82) is 0 Å². The molecule has 0 unspecified atom stereocenters. The third-order valence-corrected chi connectivity index (χ3v) is 3.57. The first-order valence-electron chi connectivity index (χ1n) is 6.89. The number of ketones is 1. The van der Waals surface area contributed by atoms with Gasteiger partial charge in [0.2, 0.25) is 0 Å². The van der Waals surface area contributed by atoms with Crippen LogP contribution in [0.2, 0.25) is 5.02 Å². The number of nitrogens with zero attached hydrogens (tertiary/aromatic N) is 3. The number of carbonyl (C=O) groups excluding carboxylic acids is 1. The summed E-state index contributed by atoms with van der Waals surface area (Å²) in [7, 11) is 0. The van der Waals surface area contributed by atoms with Gasteiger partial charge in [-0.15, -0.1) is 5.10 Å². The summed E-state index contributed by atoms with van der Waals surface area (Å²) in [4.78, 5) is 11.8. The van der Waals surface area contributed by atoms with Crippen molar-refractivity contribution >= 4 is 17.4 Å². The molecule has 1 heterocycles. The molecule has 0 saturated heterocycles. The minimum atomic E-state index is -0.101. The van der Waals surface area contributed by atoms with Crippen molar-refractivity contribution in [2.75, 3.05) is 0 Å². The highest BCUT2D eigenvalue weighted by molar-refractivity contribution is 6.30. The molecule has 22 heavy (non-hydrogen) atoms. The first-order valence-corrected chi connectivity index (χ1v) is 7.27. The molecule has 0 saturated carbocycles. The molecule has 3 rings (SSSR count). The molecule has 0 amide bonds. The van der Waals surface area contributed by atoms with Crippen LogP contribution in [0, 0.1) is 0 Å². The summed E-state index contributed by atoms with van der Waals surface area (Å²) in [6.45, 7) is 2.01. The van der Waals surface area contributed by atoms with Gasteiger partial charge in [0.25, 0.3) is 0 Å². The largest absolute Gasteiger partial charge is 0.293 e. The Morgan fingerprint density at radius 1 is 1.14 bits per heavy atom. The molecule has 3 aromatic rings. The van der Waals surface area contributed by atoms with Crippen LogP contribution in [-0.4, -0.2) is 20.8 Å². The summed E-state index contributed by atoms with van der Waals surface area (Å²) in [6, 6.07) is 17.2. The second-order valence-corrected chi connectivity index (χ2v) is 5.43. The van der Waals surface area contributed by atoms with Crippen LogP contribution in [0.4, 0.5) is 0 Å². The maximum Gasteiger partial charge on any atom is 0.182 e. The van der Waals surface area contributed by atoms with Crippen molar-refractivity contribution in [3.63, 3.8) is 0 Å². The summed E-state index contributed by atoms with van der Waals surface area (Å²) < 4.78 is 1.73. The topological polar surface area (TPSA) is 47.8 Å². The zero-order valence-electron chi connectivity index (χ0n) is 12.0. The monoisotopic (exact) mass is 311 g/mol. The molecule has 0 aliphatic heterocycles. The molecule has 5 heteroatoms. The van der Waals surface area contributed by atoms with E-state index < -0.39 is 0 Å². The van der Waals surface area contributed by atoms with Gasteiger partial charge in [-0.2, -0.15) is 0 Å². The molecule has 0 N–H and O–H groups in total. The number of benzene rings is 2. The molecule has 4 nitrogen and oxygen atoms in total. The van der Waals surface area contributed by atoms with Crippen LogP contribution in [0.5, 0.6) is 0 Å².